The number of piperazine rings is 1. The number of rotatable bonds is 4. The van der Waals surface area contributed by atoms with E-state index in [0.29, 0.717) is 26.1 Å². The fraction of sp³-hybridized carbons (Fsp3) is 0.579. The van der Waals surface area contributed by atoms with E-state index in [1.54, 1.807) is 9.80 Å². The van der Waals surface area contributed by atoms with Crippen molar-refractivity contribution in [3.8, 4) is 0 Å². The van der Waals surface area contributed by atoms with Gasteiger partial charge in [0.25, 0.3) is 0 Å². The van der Waals surface area contributed by atoms with Gasteiger partial charge < -0.3 is 24.4 Å². The predicted molar refractivity (Wildman–Crippen MR) is 96.6 cm³/mol. The van der Waals surface area contributed by atoms with Gasteiger partial charge in [0, 0.05) is 26.2 Å². The summed E-state index contributed by atoms with van der Waals surface area (Å²) in [5.74, 6) is 0. The summed E-state index contributed by atoms with van der Waals surface area (Å²) >= 11 is 0. The van der Waals surface area contributed by atoms with E-state index in [0.717, 1.165) is 5.56 Å². The highest BCUT2D eigenvalue weighted by atomic mass is 16.6. The molecule has 2 amide bonds. The van der Waals surface area contributed by atoms with Gasteiger partial charge in [0.15, 0.2) is 0 Å². The van der Waals surface area contributed by atoms with Gasteiger partial charge in [-0.2, -0.15) is 0 Å². The van der Waals surface area contributed by atoms with Crippen molar-refractivity contribution >= 4 is 12.2 Å². The molecule has 7 heteroatoms. The molecule has 1 fully saturated rings. The first-order chi connectivity index (χ1) is 12.3. The molecule has 1 atom stereocenters. The van der Waals surface area contributed by atoms with Gasteiger partial charge in [-0.1, -0.05) is 30.3 Å². The molecular weight excluding hydrogens is 336 g/mol. The van der Waals surface area contributed by atoms with Crippen LogP contribution in [0.2, 0.25) is 0 Å². The van der Waals surface area contributed by atoms with E-state index in [2.05, 4.69) is 0 Å². The summed E-state index contributed by atoms with van der Waals surface area (Å²) in [6.07, 6.45) is -0.462. The topological polar surface area (TPSA) is 79.3 Å². The standard InChI is InChI=1S/C19H28N2O5/c1-19(2,3)26-18(24)21-11-10-20(13-16(21)9-12-22)17(23)25-14-15-7-5-4-6-8-15/h4-8,16,22H,9-14H2,1-3H3. The fourth-order valence-electron chi connectivity index (χ4n) is 2.79. The number of hydrogen-bond acceptors (Lipinski definition) is 5. The number of amides is 2. The molecule has 1 aromatic carbocycles. The number of aliphatic hydroxyl groups excluding tert-OH is 1. The van der Waals surface area contributed by atoms with Gasteiger partial charge in [-0.3, -0.25) is 0 Å². The second-order valence-electron chi connectivity index (χ2n) is 7.33. The summed E-state index contributed by atoms with van der Waals surface area (Å²) in [5, 5.41) is 9.31. The third kappa shape index (κ3) is 5.91. The van der Waals surface area contributed by atoms with Crippen molar-refractivity contribution in [2.75, 3.05) is 26.2 Å². The number of ether oxygens (including phenoxy) is 2. The summed E-state index contributed by atoms with van der Waals surface area (Å²) in [5.41, 5.74) is 0.326. The normalized spacial score (nSPS) is 17.8. The van der Waals surface area contributed by atoms with Gasteiger partial charge in [0.2, 0.25) is 0 Å². The average molecular weight is 364 g/mol. The van der Waals surface area contributed by atoms with Crippen LogP contribution in [0, 0.1) is 0 Å². The predicted octanol–water partition coefficient (Wildman–Crippen LogP) is 2.63. The third-order valence-corrected chi connectivity index (χ3v) is 4.04. The zero-order chi connectivity index (χ0) is 19.2. The molecule has 1 saturated heterocycles. The number of hydrogen-bond donors (Lipinski definition) is 1. The van der Waals surface area contributed by atoms with Crippen LogP contribution in [0.4, 0.5) is 9.59 Å². The van der Waals surface area contributed by atoms with Gasteiger partial charge in [-0.15, -0.1) is 0 Å². The van der Waals surface area contributed by atoms with Crippen LogP contribution >= 0.6 is 0 Å². The Bertz CT molecular complexity index is 600. The van der Waals surface area contributed by atoms with Crippen LogP contribution < -0.4 is 0 Å². The first-order valence-corrected chi connectivity index (χ1v) is 8.86. The largest absolute Gasteiger partial charge is 0.445 e. The lowest BCUT2D eigenvalue weighted by molar-refractivity contribution is -0.00661. The molecule has 1 aromatic rings. The Hall–Kier alpha value is -2.28. The summed E-state index contributed by atoms with van der Waals surface area (Å²) in [4.78, 5) is 27.9. The molecule has 1 N–H and O–H groups in total. The Balaban J connectivity index is 1.93. The van der Waals surface area contributed by atoms with Crippen molar-refractivity contribution in [1.29, 1.82) is 0 Å². The first kappa shape index (κ1) is 20.0. The number of benzene rings is 1. The molecule has 7 nitrogen and oxygen atoms in total. The van der Waals surface area contributed by atoms with Crippen molar-refractivity contribution in [2.24, 2.45) is 0 Å². The van der Waals surface area contributed by atoms with Crippen LogP contribution in [0.25, 0.3) is 0 Å². The Kier molecular flexibility index (Phi) is 6.85. The summed E-state index contributed by atoms with van der Waals surface area (Å²) in [6.45, 7) is 6.59. The lowest BCUT2D eigenvalue weighted by Crippen LogP contribution is -2.57. The molecular formula is C19H28N2O5. The van der Waals surface area contributed by atoms with Crippen LogP contribution in [0.1, 0.15) is 32.8 Å². The van der Waals surface area contributed by atoms with Gasteiger partial charge in [-0.05, 0) is 32.8 Å². The molecule has 0 aromatic heterocycles. The minimum atomic E-state index is -0.591. The maximum absolute atomic E-state index is 12.4. The second-order valence-corrected chi connectivity index (χ2v) is 7.33. The molecule has 26 heavy (non-hydrogen) atoms. The Morgan fingerprint density at radius 2 is 1.85 bits per heavy atom. The molecule has 0 spiro atoms. The zero-order valence-corrected chi connectivity index (χ0v) is 15.7. The van der Waals surface area contributed by atoms with Crippen LogP contribution in [0.15, 0.2) is 30.3 Å². The zero-order valence-electron chi connectivity index (χ0n) is 15.7. The molecule has 144 valence electrons. The highest BCUT2D eigenvalue weighted by Crippen LogP contribution is 2.18. The van der Waals surface area contributed by atoms with Crippen LogP contribution in [0.5, 0.6) is 0 Å². The van der Waals surface area contributed by atoms with Crippen molar-refractivity contribution < 1.29 is 24.2 Å². The minimum absolute atomic E-state index is 0.0726. The van der Waals surface area contributed by atoms with Crippen molar-refractivity contribution in [1.82, 2.24) is 9.80 Å². The average Bonchev–Trinajstić information content (AvgIpc) is 2.59. The van der Waals surface area contributed by atoms with E-state index in [1.807, 2.05) is 51.1 Å². The lowest BCUT2D eigenvalue weighted by atomic mass is 10.1. The van der Waals surface area contributed by atoms with Crippen LogP contribution in [-0.2, 0) is 16.1 Å². The molecule has 0 aliphatic carbocycles. The Morgan fingerprint density at radius 3 is 2.46 bits per heavy atom. The second kappa shape index (κ2) is 8.89. The van der Waals surface area contributed by atoms with E-state index in [4.69, 9.17) is 9.47 Å². The maximum Gasteiger partial charge on any atom is 0.410 e. The monoisotopic (exact) mass is 364 g/mol. The molecule has 2 rings (SSSR count). The maximum atomic E-state index is 12.4. The lowest BCUT2D eigenvalue weighted by Gasteiger charge is -2.41. The van der Waals surface area contributed by atoms with Gasteiger partial charge in [-0.25, -0.2) is 9.59 Å². The van der Waals surface area contributed by atoms with Gasteiger partial charge in [0.05, 0.1) is 6.04 Å². The Morgan fingerprint density at radius 1 is 1.15 bits per heavy atom. The number of aliphatic hydroxyl groups is 1. The number of carbonyl (C=O) groups is 2. The molecule has 0 bridgehead atoms. The van der Waals surface area contributed by atoms with Gasteiger partial charge >= 0.3 is 12.2 Å². The third-order valence-electron chi connectivity index (χ3n) is 4.04. The summed E-state index contributed by atoms with van der Waals surface area (Å²) in [6, 6.07) is 9.17. The number of carbonyl (C=O) groups excluding carboxylic acids is 2. The molecule has 0 saturated carbocycles. The summed E-state index contributed by atoms with van der Waals surface area (Å²) in [7, 11) is 0. The van der Waals surface area contributed by atoms with Crippen LogP contribution in [-0.4, -0.2) is 65.0 Å². The van der Waals surface area contributed by atoms with Crippen molar-refractivity contribution in [3.05, 3.63) is 35.9 Å². The highest BCUT2D eigenvalue weighted by Gasteiger charge is 2.35. The van der Waals surface area contributed by atoms with E-state index < -0.39 is 17.8 Å². The molecule has 1 heterocycles. The molecule has 0 radical (unpaired) electrons. The fourth-order valence-corrected chi connectivity index (χ4v) is 2.79. The summed E-state index contributed by atoms with van der Waals surface area (Å²) < 4.78 is 10.8. The quantitative estimate of drug-likeness (QED) is 0.888. The van der Waals surface area contributed by atoms with E-state index >= 15 is 0 Å². The smallest absolute Gasteiger partial charge is 0.410 e. The van der Waals surface area contributed by atoms with Crippen molar-refractivity contribution in [3.63, 3.8) is 0 Å². The Labute approximate surface area is 154 Å². The van der Waals surface area contributed by atoms with Gasteiger partial charge in [0.1, 0.15) is 12.2 Å². The SMILES string of the molecule is CC(C)(C)OC(=O)N1CCN(C(=O)OCc2ccccc2)CC1CCO. The minimum Gasteiger partial charge on any atom is -0.445 e. The molecule has 1 aliphatic rings. The molecule has 1 unspecified atom stereocenters. The first-order valence-electron chi connectivity index (χ1n) is 8.86. The van der Waals surface area contributed by atoms with E-state index in [1.165, 1.54) is 0 Å². The molecule has 1 aliphatic heterocycles. The number of nitrogens with zero attached hydrogens (tertiary/aromatic N) is 2. The van der Waals surface area contributed by atoms with Crippen molar-refractivity contribution in [2.45, 2.75) is 45.4 Å². The highest BCUT2D eigenvalue weighted by molar-refractivity contribution is 5.71. The van der Waals surface area contributed by atoms with E-state index in [-0.39, 0.29) is 19.3 Å². The van der Waals surface area contributed by atoms with Crippen LogP contribution in [0.3, 0.4) is 0 Å². The van der Waals surface area contributed by atoms with E-state index in [9.17, 15) is 14.7 Å².